The van der Waals surface area contributed by atoms with Gasteiger partial charge in [-0.05, 0) is 29.8 Å². The summed E-state index contributed by atoms with van der Waals surface area (Å²) in [4.78, 5) is 19.3. The minimum absolute atomic E-state index is 0.0591. The maximum atomic E-state index is 14.9. The van der Waals surface area contributed by atoms with E-state index in [0.29, 0.717) is 11.1 Å². The highest BCUT2D eigenvalue weighted by Gasteiger charge is 2.55. The molecule has 0 saturated carbocycles. The van der Waals surface area contributed by atoms with E-state index in [0.717, 1.165) is 0 Å². The molecule has 0 bridgehead atoms. The van der Waals surface area contributed by atoms with E-state index in [1.807, 2.05) is 22.6 Å². The second-order valence-corrected chi connectivity index (χ2v) is 7.34. The third kappa shape index (κ3) is 3.37. The molecule has 1 aliphatic heterocycles. The van der Waals surface area contributed by atoms with Gasteiger partial charge in [-0.15, -0.1) is 0 Å². The summed E-state index contributed by atoms with van der Waals surface area (Å²) in [5.41, 5.74) is 8.24. The first-order valence-corrected chi connectivity index (χ1v) is 10.3. The Morgan fingerprint density at radius 3 is 2.87 bits per heavy atom. The summed E-state index contributed by atoms with van der Waals surface area (Å²) in [6.07, 6.45) is -3.50. The Labute approximate surface area is 182 Å². The highest BCUT2D eigenvalue weighted by molar-refractivity contribution is 14.1. The van der Waals surface area contributed by atoms with Gasteiger partial charge in [-0.1, -0.05) is 45.9 Å². The molecule has 1 aromatic carbocycles. The molecule has 1 aliphatic rings. The van der Waals surface area contributed by atoms with Gasteiger partial charge in [0.2, 0.25) is 0 Å². The van der Waals surface area contributed by atoms with Crippen LogP contribution >= 0.6 is 22.6 Å². The number of halogens is 2. The minimum atomic E-state index is -1.85. The molecule has 30 heavy (non-hydrogen) atoms. The van der Waals surface area contributed by atoms with Crippen molar-refractivity contribution in [3.05, 3.63) is 70.5 Å². The Kier molecular flexibility index (Phi) is 5.56. The van der Waals surface area contributed by atoms with Crippen LogP contribution in [-0.4, -0.2) is 48.0 Å². The number of anilines is 1. The van der Waals surface area contributed by atoms with Crippen molar-refractivity contribution < 1.29 is 19.0 Å². The number of hydrogen-bond acceptors (Lipinski definition) is 6. The van der Waals surface area contributed by atoms with E-state index in [4.69, 9.17) is 10.3 Å². The molecule has 12 heteroatoms. The molecular formula is C18H15FIN7O3. The largest absolute Gasteiger partial charge is 0.387 e. The Morgan fingerprint density at radius 1 is 1.40 bits per heavy atom. The van der Waals surface area contributed by atoms with E-state index in [1.54, 1.807) is 42.5 Å². The molecule has 4 atom stereocenters. The second kappa shape index (κ2) is 8.14. The maximum absolute atomic E-state index is 14.9. The third-order valence-corrected chi connectivity index (χ3v) is 5.92. The number of carbonyl (C=O) groups excluding carboxylic acids is 1. The van der Waals surface area contributed by atoms with E-state index in [-0.39, 0.29) is 21.8 Å². The number of benzene rings is 1. The van der Waals surface area contributed by atoms with Crippen LogP contribution in [-0.2, 0) is 4.74 Å². The minimum Gasteiger partial charge on any atom is -0.387 e. The van der Waals surface area contributed by atoms with Gasteiger partial charge in [0.25, 0.3) is 5.91 Å². The monoisotopic (exact) mass is 523 g/mol. The van der Waals surface area contributed by atoms with Gasteiger partial charge in [0, 0.05) is 14.9 Å². The smallest absolute Gasteiger partial charge is 0.256 e. The summed E-state index contributed by atoms with van der Waals surface area (Å²) in [7, 11) is 0. The Hall–Kier alpha value is -2.80. The number of nitrogens with zero attached hydrogens (tertiary/aromatic N) is 6. The quantitative estimate of drug-likeness (QED) is 0.174. The van der Waals surface area contributed by atoms with Gasteiger partial charge in [0.15, 0.2) is 17.7 Å². The fourth-order valence-corrected chi connectivity index (χ4v) is 4.11. The number of amides is 1. The molecule has 1 saturated heterocycles. The molecule has 0 unspecified atom stereocenters. The van der Waals surface area contributed by atoms with Gasteiger partial charge in [-0.25, -0.2) is 13.9 Å². The van der Waals surface area contributed by atoms with Gasteiger partial charge < -0.3 is 15.2 Å². The number of ether oxygens (including phenoxy) is 1. The van der Waals surface area contributed by atoms with Crippen molar-refractivity contribution in [1.29, 1.82) is 0 Å². The van der Waals surface area contributed by atoms with E-state index < -0.39 is 24.1 Å². The van der Waals surface area contributed by atoms with Crippen molar-refractivity contribution in [2.24, 2.45) is 5.11 Å². The summed E-state index contributed by atoms with van der Waals surface area (Å²) < 4.78 is 22.0. The van der Waals surface area contributed by atoms with Crippen molar-refractivity contribution >= 4 is 39.8 Å². The number of hydrogen-bond donors (Lipinski definition) is 2. The molecular weight excluding hydrogens is 508 g/mol. The standard InChI is InChI=1S/C18H15FIN7O3/c19-13-14(30-18(8-20,15(13)28)25-26-21)11-6-7-12-16(22-9-23-27(11)12)24-17(29)10-4-2-1-3-5-10/h1-7,9,13-15,28H,8H2,(H,22,23,24,29)/t13-,14-,15-,18+/m0/s1. The van der Waals surface area contributed by atoms with E-state index >= 15 is 0 Å². The fraction of sp³-hybridized carbons (Fsp3) is 0.278. The highest BCUT2D eigenvalue weighted by atomic mass is 127. The first-order chi connectivity index (χ1) is 14.5. The molecule has 1 fully saturated rings. The van der Waals surface area contributed by atoms with E-state index in [1.165, 1.54) is 10.8 Å². The maximum Gasteiger partial charge on any atom is 0.256 e. The van der Waals surface area contributed by atoms with Crippen molar-refractivity contribution in [3.8, 4) is 0 Å². The van der Waals surface area contributed by atoms with Crippen LogP contribution in [0.1, 0.15) is 22.2 Å². The summed E-state index contributed by atoms with van der Waals surface area (Å²) in [5.74, 6) is -0.128. The van der Waals surface area contributed by atoms with E-state index in [2.05, 4.69) is 25.4 Å². The first-order valence-electron chi connectivity index (χ1n) is 8.82. The first kappa shape index (κ1) is 20.5. The highest BCUT2D eigenvalue weighted by Crippen LogP contribution is 2.44. The number of aliphatic hydroxyl groups excluding tert-OH is 1. The molecule has 2 N–H and O–H groups in total. The Bertz CT molecular complexity index is 1140. The second-order valence-electron chi connectivity index (χ2n) is 6.58. The van der Waals surface area contributed by atoms with E-state index in [9.17, 15) is 14.3 Å². The molecule has 1 amide bonds. The number of aliphatic hydroxyl groups is 1. The number of rotatable bonds is 5. The summed E-state index contributed by atoms with van der Waals surface area (Å²) in [5, 5.41) is 20.6. The fourth-order valence-electron chi connectivity index (χ4n) is 3.32. The normalized spacial score (nSPS) is 25.8. The Balaban J connectivity index is 1.69. The third-order valence-electron chi connectivity index (χ3n) is 4.83. The zero-order valence-corrected chi connectivity index (χ0v) is 17.4. The van der Waals surface area contributed by atoms with Crippen LogP contribution in [0.15, 0.2) is 53.9 Å². The molecule has 0 spiro atoms. The van der Waals surface area contributed by atoms with Crippen LogP contribution in [0.4, 0.5) is 10.2 Å². The van der Waals surface area contributed by atoms with Crippen molar-refractivity contribution in [2.45, 2.75) is 24.1 Å². The number of alkyl halides is 2. The molecule has 0 aliphatic carbocycles. The van der Waals surface area contributed by atoms with Gasteiger partial charge in [0.1, 0.15) is 24.1 Å². The van der Waals surface area contributed by atoms with Crippen LogP contribution < -0.4 is 5.32 Å². The lowest BCUT2D eigenvalue weighted by Crippen LogP contribution is -2.41. The van der Waals surface area contributed by atoms with Gasteiger partial charge in [0.05, 0.1) is 5.69 Å². The number of fused-ring (bicyclic) bond motifs is 1. The topological polar surface area (TPSA) is 138 Å². The van der Waals surface area contributed by atoms with Crippen molar-refractivity contribution in [2.75, 3.05) is 9.74 Å². The molecule has 3 heterocycles. The van der Waals surface area contributed by atoms with Crippen LogP contribution in [0.25, 0.3) is 16.0 Å². The number of carbonyl (C=O) groups is 1. The summed E-state index contributed by atoms with van der Waals surface area (Å²) in [6.45, 7) is 0. The van der Waals surface area contributed by atoms with Gasteiger partial charge in [-0.3, -0.25) is 4.79 Å². The SMILES string of the molecule is [N-]=[N+]=N[C@]1(CI)O[C@@H](c2ccc3c(NC(=O)c4ccccc4)ncnn23)[C@H](F)[C@@H]1O. The Morgan fingerprint density at radius 2 is 2.17 bits per heavy atom. The van der Waals surface area contributed by atoms with Crippen molar-refractivity contribution in [3.63, 3.8) is 0 Å². The zero-order chi connectivity index (χ0) is 21.3. The van der Waals surface area contributed by atoms with Gasteiger partial charge >= 0.3 is 0 Å². The average molecular weight is 523 g/mol. The van der Waals surface area contributed by atoms with Crippen LogP contribution in [0.5, 0.6) is 0 Å². The van der Waals surface area contributed by atoms with Gasteiger partial charge in [-0.2, -0.15) is 5.10 Å². The summed E-state index contributed by atoms with van der Waals surface area (Å²) in [6, 6.07) is 11.8. The molecule has 154 valence electrons. The zero-order valence-electron chi connectivity index (χ0n) is 15.3. The molecule has 2 aromatic heterocycles. The predicted octanol–water partition coefficient (Wildman–Crippen LogP) is 3.19. The predicted molar refractivity (Wildman–Crippen MR) is 113 cm³/mol. The van der Waals surface area contributed by atoms with Crippen molar-refractivity contribution in [1.82, 2.24) is 14.6 Å². The van der Waals surface area contributed by atoms with Crippen LogP contribution in [0.3, 0.4) is 0 Å². The molecule has 0 radical (unpaired) electrons. The number of azide groups is 1. The van der Waals surface area contributed by atoms with Crippen LogP contribution in [0.2, 0.25) is 0 Å². The molecule has 4 rings (SSSR count). The summed E-state index contributed by atoms with van der Waals surface area (Å²) >= 11 is 1.86. The molecule has 3 aromatic rings. The average Bonchev–Trinajstić information content (AvgIpc) is 3.30. The van der Waals surface area contributed by atoms with Crippen LogP contribution in [0, 0.1) is 0 Å². The number of aromatic nitrogens is 3. The lowest BCUT2D eigenvalue weighted by Gasteiger charge is -2.23. The molecule has 10 nitrogen and oxygen atoms in total. The lowest BCUT2D eigenvalue weighted by molar-refractivity contribution is -0.0612. The number of nitrogens with one attached hydrogen (secondary N) is 1. The lowest BCUT2D eigenvalue weighted by atomic mass is 10.0.